The Hall–Kier alpha value is -4.84. The van der Waals surface area contributed by atoms with Crippen LogP contribution < -0.4 is 26.6 Å². The van der Waals surface area contributed by atoms with Gasteiger partial charge in [0.25, 0.3) is 0 Å². The Morgan fingerprint density at radius 1 is 0.913 bits per heavy atom. The van der Waals surface area contributed by atoms with Gasteiger partial charge in [-0.05, 0) is 26.2 Å². The fourth-order valence-corrected chi connectivity index (χ4v) is 4.69. The number of aliphatic hydroxyl groups is 2. The summed E-state index contributed by atoms with van der Waals surface area (Å²) in [6, 6.07) is -6.81. The van der Waals surface area contributed by atoms with Crippen LogP contribution in [0.25, 0.3) is 0 Å². The van der Waals surface area contributed by atoms with E-state index in [0.29, 0.717) is 17.8 Å². The number of nitrogens with one attached hydrogen (secondary N) is 7. The van der Waals surface area contributed by atoms with Crippen LogP contribution in [0.3, 0.4) is 0 Å². The number of aliphatic hydroxyl groups excluding tert-OH is 2. The third-order valence-electron chi connectivity index (χ3n) is 7.15. The van der Waals surface area contributed by atoms with E-state index < -0.39 is 72.7 Å². The minimum Gasteiger partial charge on any atom is -0.480 e. The van der Waals surface area contributed by atoms with Gasteiger partial charge in [-0.2, -0.15) is 0 Å². The van der Waals surface area contributed by atoms with E-state index in [1.54, 1.807) is 6.20 Å². The van der Waals surface area contributed by atoms with Crippen molar-refractivity contribution in [2.45, 2.75) is 89.3 Å². The molecule has 1 unspecified atom stereocenters. The highest BCUT2D eigenvalue weighted by Gasteiger charge is 2.35. The molecule has 0 aliphatic carbocycles. The number of imidazole rings is 2. The first-order valence-corrected chi connectivity index (χ1v) is 14.8. The van der Waals surface area contributed by atoms with Crippen molar-refractivity contribution < 1.29 is 39.3 Å². The van der Waals surface area contributed by atoms with Gasteiger partial charge in [0, 0.05) is 36.6 Å². The molecule has 3 rings (SSSR count). The van der Waals surface area contributed by atoms with E-state index in [1.165, 1.54) is 32.7 Å². The van der Waals surface area contributed by atoms with E-state index in [0.717, 1.165) is 0 Å². The lowest BCUT2D eigenvalue weighted by molar-refractivity contribution is -0.143. The van der Waals surface area contributed by atoms with Gasteiger partial charge in [-0.3, -0.25) is 24.2 Å². The normalized spacial score (nSPS) is 19.5. The summed E-state index contributed by atoms with van der Waals surface area (Å²) < 4.78 is 0. The highest BCUT2D eigenvalue weighted by Crippen LogP contribution is 2.14. The predicted molar refractivity (Wildman–Crippen MR) is 162 cm³/mol. The summed E-state index contributed by atoms with van der Waals surface area (Å²) in [6.07, 6.45) is 4.99. The second kappa shape index (κ2) is 16.5. The van der Waals surface area contributed by atoms with Crippen LogP contribution in [0.15, 0.2) is 30.0 Å². The molecule has 1 aliphatic rings. The minimum absolute atomic E-state index is 0.125. The maximum absolute atomic E-state index is 13.1. The summed E-state index contributed by atoms with van der Waals surface area (Å²) >= 11 is 0. The predicted octanol–water partition coefficient (Wildman–Crippen LogP) is -2.88. The van der Waals surface area contributed by atoms with E-state index in [1.807, 2.05) is 13.8 Å². The van der Waals surface area contributed by atoms with E-state index in [4.69, 9.17) is 0 Å². The molecular weight excluding hydrogens is 604 g/mol. The standard InChI is InChI=1S/C28H42N10O8/c1-13(2)5-18-23(34-19(25(42)36-18)6-16-8-29-11-31-16)35-21(10-39)26(43)33-14(3)24(41)38-22(15(4)40)27(44)37-20(28(45)46)7-17-9-30-12-32-17/h8-9,11-15,18-22,39-40H,5-7,10H2,1-4H3,(H,29,31)(H,30,32)(H,33,43)(H,34,35)(H,36,42)(H,37,44)(H,38,41)(H,45,46)/t14-,15+,18?,19-,20-,21-,22-/m0/s1. The number of aromatic amines is 2. The van der Waals surface area contributed by atoms with Crippen molar-refractivity contribution in [2.24, 2.45) is 10.9 Å². The average Bonchev–Trinajstić information content (AvgIpc) is 3.70. The number of aliphatic imine (C=N–C) groups is 1. The number of hydrogen-bond donors (Lipinski definition) is 10. The molecule has 18 nitrogen and oxygen atoms in total. The molecule has 0 spiro atoms. The number of carbonyl (C=O) groups excluding carboxylic acids is 4. The lowest BCUT2D eigenvalue weighted by atomic mass is 9.99. The summed E-state index contributed by atoms with van der Waals surface area (Å²) in [7, 11) is 0. The Labute approximate surface area is 264 Å². The van der Waals surface area contributed by atoms with Gasteiger partial charge in [0.15, 0.2) is 0 Å². The molecule has 0 saturated heterocycles. The molecule has 0 fully saturated rings. The average molecular weight is 647 g/mol. The van der Waals surface area contributed by atoms with Gasteiger partial charge < -0.3 is 51.9 Å². The summed E-state index contributed by atoms with van der Waals surface area (Å²) in [4.78, 5) is 81.5. The first kappa shape index (κ1) is 35.6. The number of aliphatic carboxylic acids is 1. The highest BCUT2D eigenvalue weighted by molar-refractivity contribution is 6.01. The summed E-state index contributed by atoms with van der Waals surface area (Å²) in [5.74, 6) is -3.78. The van der Waals surface area contributed by atoms with Crippen LogP contribution in [0.4, 0.5) is 0 Å². The molecule has 252 valence electrons. The topological polar surface area (TPSA) is 276 Å². The molecule has 2 aromatic heterocycles. The zero-order valence-corrected chi connectivity index (χ0v) is 26.0. The molecule has 0 saturated carbocycles. The number of amidine groups is 1. The molecule has 46 heavy (non-hydrogen) atoms. The molecule has 0 bridgehead atoms. The molecule has 0 aromatic carbocycles. The first-order valence-electron chi connectivity index (χ1n) is 14.8. The zero-order chi connectivity index (χ0) is 34.0. The van der Waals surface area contributed by atoms with Gasteiger partial charge in [0.05, 0.1) is 31.4 Å². The second-order valence-electron chi connectivity index (χ2n) is 11.5. The summed E-state index contributed by atoms with van der Waals surface area (Å²) in [6.45, 7) is 5.80. The van der Waals surface area contributed by atoms with Crippen molar-refractivity contribution in [3.05, 3.63) is 36.4 Å². The number of H-pyrrole nitrogens is 2. The third-order valence-corrected chi connectivity index (χ3v) is 7.15. The largest absolute Gasteiger partial charge is 0.480 e. The number of carboxylic acids is 1. The maximum atomic E-state index is 13.1. The Morgan fingerprint density at radius 2 is 1.57 bits per heavy atom. The summed E-state index contributed by atoms with van der Waals surface area (Å²) in [5, 5.41) is 42.7. The highest BCUT2D eigenvalue weighted by atomic mass is 16.4. The van der Waals surface area contributed by atoms with Crippen molar-refractivity contribution in [1.29, 1.82) is 0 Å². The number of aromatic nitrogens is 4. The molecule has 18 heteroatoms. The van der Waals surface area contributed by atoms with Gasteiger partial charge >= 0.3 is 5.97 Å². The zero-order valence-electron chi connectivity index (χ0n) is 26.0. The Balaban J connectivity index is 1.65. The van der Waals surface area contributed by atoms with Crippen LogP contribution in [0, 0.1) is 5.92 Å². The quantitative estimate of drug-likeness (QED) is 0.0884. The smallest absolute Gasteiger partial charge is 0.326 e. The number of amides is 4. The molecule has 3 heterocycles. The fourth-order valence-electron chi connectivity index (χ4n) is 4.69. The molecule has 1 aliphatic heterocycles. The first-order chi connectivity index (χ1) is 21.8. The Bertz CT molecular complexity index is 1360. The van der Waals surface area contributed by atoms with Gasteiger partial charge in [-0.25, -0.2) is 14.8 Å². The van der Waals surface area contributed by atoms with Crippen LogP contribution in [-0.2, 0) is 36.8 Å². The van der Waals surface area contributed by atoms with Crippen molar-refractivity contribution in [3.63, 3.8) is 0 Å². The lowest BCUT2D eigenvalue weighted by Gasteiger charge is -2.32. The Morgan fingerprint density at radius 3 is 2.11 bits per heavy atom. The van der Waals surface area contributed by atoms with Crippen molar-refractivity contribution >= 4 is 35.4 Å². The fraction of sp³-hybridized carbons (Fsp3) is 0.571. The number of carbonyl (C=O) groups is 5. The number of rotatable bonds is 16. The van der Waals surface area contributed by atoms with Gasteiger partial charge in [-0.1, -0.05) is 13.8 Å². The van der Waals surface area contributed by atoms with E-state index in [9.17, 15) is 39.3 Å². The van der Waals surface area contributed by atoms with E-state index in [2.05, 4.69) is 51.5 Å². The number of nitrogens with zero attached hydrogens (tertiary/aromatic N) is 3. The van der Waals surface area contributed by atoms with E-state index >= 15 is 0 Å². The van der Waals surface area contributed by atoms with Crippen LogP contribution in [-0.4, -0.2) is 120 Å². The minimum atomic E-state index is -1.55. The van der Waals surface area contributed by atoms with Crippen LogP contribution in [0.1, 0.15) is 45.5 Å². The maximum Gasteiger partial charge on any atom is 0.326 e. The second-order valence-corrected chi connectivity index (χ2v) is 11.5. The van der Waals surface area contributed by atoms with Crippen molar-refractivity contribution in [3.8, 4) is 0 Å². The molecular formula is C28H42N10O8. The monoisotopic (exact) mass is 646 g/mol. The van der Waals surface area contributed by atoms with Gasteiger partial charge in [-0.15, -0.1) is 0 Å². The van der Waals surface area contributed by atoms with Crippen molar-refractivity contribution in [1.82, 2.24) is 46.5 Å². The molecule has 0 radical (unpaired) electrons. The molecule has 4 amide bonds. The SMILES string of the molecule is CC(C)CC1NC(=O)[C@H](Cc2cnc[nH]2)N=C1N[C@@H](CO)C(=O)N[C@@H](C)C(=O)N[C@H](C(=O)N[C@@H](Cc1cnc[nH]1)C(=O)O)[C@@H](C)O. The van der Waals surface area contributed by atoms with Crippen LogP contribution >= 0.6 is 0 Å². The van der Waals surface area contributed by atoms with Gasteiger partial charge in [0.1, 0.15) is 36.0 Å². The number of carboxylic acid groups (broad SMARTS) is 1. The lowest BCUT2D eigenvalue weighted by Crippen LogP contribution is -2.62. The van der Waals surface area contributed by atoms with E-state index in [-0.39, 0.29) is 30.5 Å². The molecule has 2 aromatic rings. The third kappa shape index (κ3) is 10.1. The van der Waals surface area contributed by atoms with Crippen molar-refractivity contribution in [2.75, 3.05) is 6.61 Å². The molecule has 7 atom stereocenters. The van der Waals surface area contributed by atoms with Crippen LogP contribution in [0.2, 0.25) is 0 Å². The Kier molecular flexibility index (Phi) is 12.8. The van der Waals surface area contributed by atoms with Gasteiger partial charge in [0.2, 0.25) is 23.6 Å². The number of hydrogen-bond acceptors (Lipinski definition) is 11. The molecule has 10 N–H and O–H groups in total. The van der Waals surface area contributed by atoms with Crippen LogP contribution in [0.5, 0.6) is 0 Å². The summed E-state index contributed by atoms with van der Waals surface area (Å²) in [5.41, 5.74) is 1.13.